The number of rotatable bonds is 9. The van der Waals surface area contributed by atoms with Crippen LogP contribution in [0.5, 0.6) is 5.75 Å². The highest BCUT2D eigenvalue weighted by Gasteiger charge is 2.19. The van der Waals surface area contributed by atoms with Gasteiger partial charge in [-0.15, -0.1) is 0 Å². The maximum Gasteiger partial charge on any atom is 0.196 e. The molecular formula is C24H40O2. The molecule has 1 saturated carbocycles. The fraction of sp³-hybridized carbons (Fsp3) is 0.750. The van der Waals surface area contributed by atoms with Gasteiger partial charge in [-0.05, 0) is 61.1 Å². The minimum Gasteiger partial charge on any atom is -0.465 e. The molecule has 0 heterocycles. The minimum absolute atomic E-state index is 0.180. The van der Waals surface area contributed by atoms with E-state index in [2.05, 4.69) is 52.0 Å². The number of hydrogen-bond acceptors (Lipinski definition) is 2. The molecule has 0 bridgehead atoms. The van der Waals surface area contributed by atoms with Crippen molar-refractivity contribution in [3.05, 3.63) is 29.8 Å². The molecule has 0 amide bonds. The first kappa shape index (κ1) is 21.3. The molecule has 0 aromatic heterocycles. The van der Waals surface area contributed by atoms with E-state index in [0.29, 0.717) is 11.3 Å². The lowest BCUT2D eigenvalue weighted by Crippen LogP contribution is -2.19. The zero-order chi connectivity index (χ0) is 19.0. The van der Waals surface area contributed by atoms with E-state index in [-0.39, 0.29) is 6.29 Å². The van der Waals surface area contributed by atoms with E-state index in [1.807, 2.05) is 6.92 Å². The molecule has 26 heavy (non-hydrogen) atoms. The third-order valence-corrected chi connectivity index (χ3v) is 5.61. The Hall–Kier alpha value is -1.02. The Morgan fingerprint density at radius 1 is 1.04 bits per heavy atom. The standard InChI is InChI=1S/C24H40O2/c1-6-21(18-24(3,4)5)22-12-14-23(15-13-22)26-19(2)25-17-16-20-10-8-7-9-11-20/h12-15,19-21H,6-11,16-18H2,1-5H3. The lowest BCUT2D eigenvalue weighted by atomic mass is 9.80. The fourth-order valence-corrected chi connectivity index (χ4v) is 4.16. The van der Waals surface area contributed by atoms with Gasteiger partial charge in [0.2, 0.25) is 0 Å². The first-order valence-electron chi connectivity index (χ1n) is 10.8. The predicted octanol–water partition coefficient (Wildman–Crippen LogP) is 7.33. The van der Waals surface area contributed by atoms with Crippen LogP contribution in [0.25, 0.3) is 0 Å². The van der Waals surface area contributed by atoms with E-state index in [1.165, 1.54) is 56.9 Å². The molecular weight excluding hydrogens is 320 g/mol. The third-order valence-electron chi connectivity index (χ3n) is 5.61. The molecule has 1 aromatic carbocycles. The molecule has 1 aromatic rings. The second-order valence-corrected chi connectivity index (χ2v) is 9.29. The first-order chi connectivity index (χ1) is 12.4. The van der Waals surface area contributed by atoms with Gasteiger partial charge in [-0.1, -0.05) is 71.9 Å². The van der Waals surface area contributed by atoms with Crippen molar-refractivity contribution in [1.29, 1.82) is 0 Å². The van der Waals surface area contributed by atoms with Crippen LogP contribution in [0.2, 0.25) is 0 Å². The Labute approximate surface area is 161 Å². The summed E-state index contributed by atoms with van der Waals surface area (Å²) >= 11 is 0. The van der Waals surface area contributed by atoms with Gasteiger partial charge >= 0.3 is 0 Å². The van der Waals surface area contributed by atoms with Crippen LogP contribution in [0.3, 0.4) is 0 Å². The second-order valence-electron chi connectivity index (χ2n) is 9.29. The summed E-state index contributed by atoms with van der Waals surface area (Å²) in [5.41, 5.74) is 1.77. The van der Waals surface area contributed by atoms with E-state index >= 15 is 0 Å². The zero-order valence-electron chi connectivity index (χ0n) is 17.7. The van der Waals surface area contributed by atoms with Gasteiger partial charge < -0.3 is 9.47 Å². The van der Waals surface area contributed by atoms with Gasteiger partial charge in [-0.25, -0.2) is 0 Å². The topological polar surface area (TPSA) is 18.5 Å². The van der Waals surface area contributed by atoms with Crippen molar-refractivity contribution in [3.63, 3.8) is 0 Å². The summed E-state index contributed by atoms with van der Waals surface area (Å²) in [6, 6.07) is 8.65. The molecule has 1 aliphatic rings. The summed E-state index contributed by atoms with van der Waals surface area (Å²) in [5, 5.41) is 0. The van der Waals surface area contributed by atoms with Crippen LogP contribution in [-0.2, 0) is 4.74 Å². The number of benzene rings is 1. The Morgan fingerprint density at radius 2 is 1.69 bits per heavy atom. The van der Waals surface area contributed by atoms with Crippen molar-refractivity contribution in [2.24, 2.45) is 11.3 Å². The van der Waals surface area contributed by atoms with Crippen LogP contribution < -0.4 is 4.74 Å². The highest BCUT2D eigenvalue weighted by Crippen LogP contribution is 2.34. The monoisotopic (exact) mass is 360 g/mol. The smallest absolute Gasteiger partial charge is 0.196 e. The quantitative estimate of drug-likeness (QED) is 0.429. The van der Waals surface area contributed by atoms with Crippen LogP contribution >= 0.6 is 0 Å². The highest BCUT2D eigenvalue weighted by molar-refractivity contribution is 5.29. The van der Waals surface area contributed by atoms with Crippen LogP contribution in [0.15, 0.2) is 24.3 Å². The minimum atomic E-state index is -0.180. The lowest BCUT2D eigenvalue weighted by molar-refractivity contribution is -0.0711. The molecule has 148 valence electrons. The van der Waals surface area contributed by atoms with Gasteiger partial charge in [-0.2, -0.15) is 0 Å². The predicted molar refractivity (Wildman–Crippen MR) is 111 cm³/mol. The van der Waals surface area contributed by atoms with Crippen molar-refractivity contribution in [2.45, 2.75) is 98.2 Å². The summed E-state index contributed by atoms with van der Waals surface area (Å²) in [7, 11) is 0. The zero-order valence-corrected chi connectivity index (χ0v) is 17.7. The summed E-state index contributed by atoms with van der Waals surface area (Å²) in [6.07, 6.45) is 10.4. The number of ether oxygens (including phenoxy) is 2. The molecule has 0 saturated heterocycles. The maximum absolute atomic E-state index is 5.95. The van der Waals surface area contributed by atoms with Crippen molar-refractivity contribution in [3.8, 4) is 5.75 Å². The molecule has 1 aliphatic carbocycles. The van der Waals surface area contributed by atoms with E-state index < -0.39 is 0 Å². The molecule has 2 atom stereocenters. The van der Waals surface area contributed by atoms with Gasteiger partial charge in [0.15, 0.2) is 6.29 Å². The SMILES string of the molecule is CCC(CC(C)(C)C)c1ccc(OC(C)OCCC2CCCCC2)cc1. The van der Waals surface area contributed by atoms with Crippen molar-refractivity contribution in [2.75, 3.05) is 6.61 Å². The summed E-state index contributed by atoms with van der Waals surface area (Å²) < 4.78 is 11.8. The average Bonchev–Trinajstić information content (AvgIpc) is 2.60. The Kier molecular flexibility index (Phi) is 8.47. The highest BCUT2D eigenvalue weighted by atomic mass is 16.7. The Morgan fingerprint density at radius 3 is 2.27 bits per heavy atom. The first-order valence-corrected chi connectivity index (χ1v) is 10.8. The molecule has 2 rings (SSSR count). The van der Waals surface area contributed by atoms with Crippen LogP contribution in [0, 0.1) is 11.3 Å². The lowest BCUT2D eigenvalue weighted by Gasteiger charge is -2.26. The molecule has 1 fully saturated rings. The van der Waals surface area contributed by atoms with Crippen molar-refractivity contribution in [1.82, 2.24) is 0 Å². The van der Waals surface area contributed by atoms with Gasteiger partial charge in [-0.3, -0.25) is 0 Å². The summed E-state index contributed by atoms with van der Waals surface area (Å²) in [4.78, 5) is 0. The van der Waals surface area contributed by atoms with E-state index in [0.717, 1.165) is 18.3 Å². The Balaban J connectivity index is 1.76. The third kappa shape index (κ3) is 7.70. The van der Waals surface area contributed by atoms with E-state index in [4.69, 9.17) is 9.47 Å². The van der Waals surface area contributed by atoms with Crippen molar-refractivity contribution >= 4 is 0 Å². The summed E-state index contributed by atoms with van der Waals surface area (Å²) in [6.45, 7) is 12.1. The average molecular weight is 361 g/mol. The molecule has 0 aliphatic heterocycles. The molecule has 2 unspecified atom stereocenters. The van der Waals surface area contributed by atoms with Gasteiger partial charge in [0.1, 0.15) is 5.75 Å². The van der Waals surface area contributed by atoms with Crippen LogP contribution in [0.4, 0.5) is 0 Å². The van der Waals surface area contributed by atoms with Crippen molar-refractivity contribution < 1.29 is 9.47 Å². The van der Waals surface area contributed by atoms with Gasteiger partial charge in [0.25, 0.3) is 0 Å². The van der Waals surface area contributed by atoms with Gasteiger partial charge in [0.05, 0.1) is 6.61 Å². The number of hydrogen-bond donors (Lipinski definition) is 0. The molecule has 0 spiro atoms. The molecule has 0 radical (unpaired) electrons. The fourth-order valence-electron chi connectivity index (χ4n) is 4.16. The van der Waals surface area contributed by atoms with E-state index in [9.17, 15) is 0 Å². The van der Waals surface area contributed by atoms with Crippen LogP contribution in [-0.4, -0.2) is 12.9 Å². The Bertz CT molecular complexity index is 494. The molecule has 0 N–H and O–H groups in total. The second kappa shape index (κ2) is 10.3. The van der Waals surface area contributed by atoms with Crippen LogP contribution in [0.1, 0.15) is 97.5 Å². The molecule has 2 nitrogen and oxygen atoms in total. The molecule has 2 heteroatoms. The summed E-state index contributed by atoms with van der Waals surface area (Å²) in [5.74, 6) is 2.39. The maximum atomic E-state index is 5.95. The van der Waals surface area contributed by atoms with Gasteiger partial charge in [0, 0.05) is 0 Å². The normalized spacial score (nSPS) is 18.5. The largest absolute Gasteiger partial charge is 0.465 e. The van der Waals surface area contributed by atoms with E-state index in [1.54, 1.807) is 0 Å².